The highest BCUT2D eigenvalue weighted by atomic mass is 35.5. The van der Waals surface area contributed by atoms with Crippen molar-refractivity contribution in [3.8, 4) is 5.75 Å². The van der Waals surface area contributed by atoms with Crippen LogP contribution in [0.4, 0.5) is 0 Å². The van der Waals surface area contributed by atoms with Gasteiger partial charge in [-0.2, -0.15) is 0 Å². The molecular formula is C21H23ClN2O8. The first-order chi connectivity index (χ1) is 14.8. The van der Waals surface area contributed by atoms with Gasteiger partial charge in [0.15, 0.2) is 23.0 Å². The zero-order valence-electron chi connectivity index (χ0n) is 17.2. The van der Waals surface area contributed by atoms with Gasteiger partial charge in [-0.3, -0.25) is 19.2 Å². The third-order valence-corrected chi connectivity index (χ3v) is 7.54. The van der Waals surface area contributed by atoms with Crippen LogP contribution in [0.15, 0.2) is 12.1 Å². The molecule has 1 amide bonds. The molecule has 11 heteroatoms. The molecule has 0 spiro atoms. The van der Waals surface area contributed by atoms with Crippen molar-refractivity contribution in [2.24, 2.45) is 29.4 Å². The van der Waals surface area contributed by atoms with E-state index in [9.17, 15) is 39.6 Å². The monoisotopic (exact) mass is 466 g/mol. The molecule has 10 nitrogen and oxygen atoms in total. The number of phenols is 1. The van der Waals surface area contributed by atoms with Crippen LogP contribution in [0.3, 0.4) is 0 Å². The number of carbonyl (C=O) groups excluding carboxylic acids is 4. The normalized spacial score (nSPS) is 38.8. The number of nitrogens with two attached hydrogens (primary N) is 1. The van der Waals surface area contributed by atoms with Crippen LogP contribution in [0.1, 0.15) is 28.4 Å². The highest BCUT2D eigenvalue weighted by molar-refractivity contribution is 6.33. The summed E-state index contributed by atoms with van der Waals surface area (Å²) < 4.78 is 0. The second-order valence-corrected chi connectivity index (χ2v) is 9.37. The number of hydrogen-bond donors (Lipinski definition) is 5. The lowest BCUT2D eigenvalue weighted by Gasteiger charge is -2.55. The number of benzene rings is 1. The Morgan fingerprint density at radius 2 is 1.81 bits per heavy atom. The fourth-order valence-electron chi connectivity index (χ4n) is 5.82. The van der Waals surface area contributed by atoms with Gasteiger partial charge in [0.2, 0.25) is 5.91 Å². The second kappa shape index (κ2) is 7.32. The van der Waals surface area contributed by atoms with Crippen LogP contribution in [0.2, 0.25) is 5.02 Å². The number of carbonyl (C=O) groups is 4. The predicted molar refractivity (Wildman–Crippen MR) is 109 cm³/mol. The van der Waals surface area contributed by atoms with Gasteiger partial charge in [0, 0.05) is 28.5 Å². The number of hydrogen-bond acceptors (Lipinski definition) is 9. The van der Waals surface area contributed by atoms with Crippen molar-refractivity contribution in [1.29, 1.82) is 0 Å². The Morgan fingerprint density at radius 3 is 2.38 bits per heavy atom. The van der Waals surface area contributed by atoms with Gasteiger partial charge < -0.3 is 31.1 Å². The van der Waals surface area contributed by atoms with Crippen LogP contribution in [0, 0.1) is 23.7 Å². The number of likely N-dealkylation sites (N-methyl/N-ethyl adjacent to an activating group) is 1. The molecule has 0 saturated heterocycles. The zero-order chi connectivity index (χ0) is 23.9. The second-order valence-electron chi connectivity index (χ2n) is 8.97. The number of Topliss-reactive ketones (excluding diaryl/α,β-unsaturated/α-hetero) is 3. The van der Waals surface area contributed by atoms with Crippen molar-refractivity contribution in [3.63, 3.8) is 0 Å². The summed E-state index contributed by atoms with van der Waals surface area (Å²) in [6.45, 7) is 0. The third kappa shape index (κ3) is 2.74. The molecule has 8 atom stereocenters. The molecule has 0 bridgehead atoms. The van der Waals surface area contributed by atoms with Crippen LogP contribution in [0.5, 0.6) is 5.75 Å². The van der Waals surface area contributed by atoms with Gasteiger partial charge in [-0.25, -0.2) is 0 Å². The maximum Gasteiger partial charge on any atom is 0.230 e. The Bertz CT molecular complexity index is 1060. The average Bonchev–Trinajstić information content (AvgIpc) is 2.69. The van der Waals surface area contributed by atoms with Crippen LogP contribution in [0.25, 0.3) is 0 Å². The largest absolute Gasteiger partial charge is 0.507 e. The first kappa shape index (κ1) is 22.8. The first-order valence-electron chi connectivity index (χ1n) is 10.0. The van der Waals surface area contributed by atoms with E-state index in [1.54, 1.807) is 0 Å². The molecule has 2 saturated carbocycles. The lowest BCUT2D eigenvalue weighted by Crippen LogP contribution is -2.75. The van der Waals surface area contributed by atoms with Crippen LogP contribution in [-0.2, 0) is 14.4 Å². The molecule has 0 aliphatic heterocycles. The van der Waals surface area contributed by atoms with Gasteiger partial charge in [-0.05, 0) is 32.6 Å². The van der Waals surface area contributed by atoms with Crippen LogP contribution < -0.4 is 5.73 Å². The van der Waals surface area contributed by atoms with E-state index in [1.807, 2.05) is 0 Å². The number of aromatic hydroxyl groups is 1. The van der Waals surface area contributed by atoms with Gasteiger partial charge in [0.05, 0.1) is 23.7 Å². The minimum atomic E-state index is -2.78. The van der Waals surface area contributed by atoms with Gasteiger partial charge in [0.25, 0.3) is 0 Å². The quantitative estimate of drug-likeness (QED) is 0.335. The topological polar surface area (TPSA) is 178 Å². The van der Waals surface area contributed by atoms with E-state index in [2.05, 4.69) is 0 Å². The molecule has 172 valence electrons. The molecule has 4 rings (SSSR count). The van der Waals surface area contributed by atoms with E-state index in [0.717, 1.165) is 6.07 Å². The third-order valence-electron chi connectivity index (χ3n) is 7.21. The zero-order valence-corrected chi connectivity index (χ0v) is 18.0. The lowest BCUT2D eigenvalue weighted by molar-refractivity contribution is -0.193. The Labute approximate surface area is 187 Å². The fourth-order valence-corrected chi connectivity index (χ4v) is 6.09. The van der Waals surface area contributed by atoms with Gasteiger partial charge in [0.1, 0.15) is 11.7 Å². The molecule has 3 aliphatic rings. The van der Waals surface area contributed by atoms with Crippen molar-refractivity contribution in [2.75, 3.05) is 14.1 Å². The minimum Gasteiger partial charge on any atom is -0.507 e. The highest BCUT2D eigenvalue weighted by Crippen LogP contribution is 2.55. The summed E-state index contributed by atoms with van der Waals surface area (Å²) in [5.74, 6) is -10.9. The molecular weight excluding hydrogens is 444 g/mol. The summed E-state index contributed by atoms with van der Waals surface area (Å²) >= 11 is 6.17. The molecule has 8 unspecified atom stereocenters. The number of nitrogens with zero attached hydrogens (tertiary/aromatic N) is 1. The Hall–Kier alpha value is -2.37. The van der Waals surface area contributed by atoms with Crippen molar-refractivity contribution in [3.05, 3.63) is 28.3 Å². The number of fused-ring (bicyclic) bond motifs is 3. The van der Waals surface area contributed by atoms with Gasteiger partial charge in [-0.15, -0.1) is 0 Å². The van der Waals surface area contributed by atoms with E-state index in [0.29, 0.717) is 0 Å². The van der Waals surface area contributed by atoms with E-state index in [1.165, 1.54) is 25.1 Å². The number of halogens is 1. The standard InChI is InChI=1S/C21H23ClN2O8/c1-24(2)14-7-5-6-10(16(27)12-9(25)4-3-8(22)11(12)15(6)26)18(29)21(7,32)19(30)13(17(14)28)20(23)31/h3-4,6-7,10,13-15,17,25-26,28,32H,5H2,1-2H3,(H2,23,31). The number of rotatable bonds is 2. The summed E-state index contributed by atoms with van der Waals surface area (Å²) in [7, 11) is 3.07. The average molecular weight is 467 g/mol. The van der Waals surface area contributed by atoms with E-state index >= 15 is 0 Å². The fraction of sp³-hybridized carbons (Fsp3) is 0.524. The summed E-state index contributed by atoms with van der Waals surface area (Å²) in [6.07, 6.45) is -3.27. The summed E-state index contributed by atoms with van der Waals surface area (Å²) in [5, 5.41) is 43.5. The van der Waals surface area contributed by atoms with Crippen molar-refractivity contribution in [1.82, 2.24) is 4.90 Å². The molecule has 0 aromatic heterocycles. The smallest absolute Gasteiger partial charge is 0.230 e. The molecule has 3 aliphatic carbocycles. The minimum absolute atomic E-state index is 0.0168. The highest BCUT2D eigenvalue weighted by Gasteiger charge is 2.70. The van der Waals surface area contributed by atoms with Gasteiger partial charge in [-0.1, -0.05) is 11.6 Å². The summed E-state index contributed by atoms with van der Waals surface area (Å²) in [4.78, 5) is 53.4. The first-order valence-corrected chi connectivity index (χ1v) is 10.4. The maximum absolute atomic E-state index is 13.6. The van der Waals surface area contributed by atoms with E-state index in [4.69, 9.17) is 17.3 Å². The van der Waals surface area contributed by atoms with E-state index in [-0.39, 0.29) is 22.6 Å². The summed E-state index contributed by atoms with van der Waals surface area (Å²) in [6, 6.07) is 1.40. The number of amides is 1. The number of phenolic OH excluding ortho intramolecular Hbond substituents is 1. The van der Waals surface area contributed by atoms with E-state index < -0.39 is 76.5 Å². The summed E-state index contributed by atoms with van der Waals surface area (Å²) in [5.41, 5.74) is 2.14. The molecule has 1 aromatic rings. The molecule has 2 fully saturated rings. The molecule has 1 aromatic carbocycles. The SMILES string of the molecule is CN(C)C1C(O)C(C(N)=O)C(=O)C2(O)C(=O)C3C(=O)c4c(O)ccc(Cl)c4C(O)C3CC12. The maximum atomic E-state index is 13.6. The number of aliphatic hydroxyl groups excluding tert-OH is 2. The number of aliphatic hydroxyl groups is 3. The van der Waals surface area contributed by atoms with Crippen molar-refractivity contribution >= 4 is 34.9 Å². The predicted octanol–water partition coefficient (Wildman–Crippen LogP) is -1.20. The molecule has 32 heavy (non-hydrogen) atoms. The van der Waals surface area contributed by atoms with Crippen LogP contribution >= 0.6 is 11.6 Å². The Balaban J connectivity index is 1.92. The Morgan fingerprint density at radius 1 is 1.19 bits per heavy atom. The molecule has 6 N–H and O–H groups in total. The van der Waals surface area contributed by atoms with Crippen LogP contribution in [-0.4, -0.2) is 80.4 Å². The number of ketones is 3. The Kier molecular flexibility index (Phi) is 5.22. The molecule has 0 heterocycles. The molecule has 0 radical (unpaired) electrons. The van der Waals surface area contributed by atoms with Crippen molar-refractivity contribution in [2.45, 2.75) is 30.3 Å². The van der Waals surface area contributed by atoms with Gasteiger partial charge >= 0.3 is 0 Å². The lowest BCUT2D eigenvalue weighted by atomic mass is 9.51. The van der Waals surface area contributed by atoms with Crippen molar-refractivity contribution < 1.29 is 39.6 Å². The number of primary amides is 1.